The normalized spacial score (nSPS) is 11.1. The fourth-order valence-corrected chi connectivity index (χ4v) is 2.66. The van der Waals surface area contributed by atoms with Gasteiger partial charge in [0, 0.05) is 11.5 Å². The molecule has 1 aromatic rings. The topological polar surface area (TPSA) is 149 Å². The van der Waals surface area contributed by atoms with Gasteiger partial charge >= 0.3 is 5.97 Å². The fraction of sp³-hybridized carbons (Fsp3) is 0.708. The Bertz CT molecular complexity index is 916. The number of benzene rings is 1. The van der Waals surface area contributed by atoms with Crippen LogP contribution in [0.2, 0.25) is 0 Å². The number of halogens is 5. The molecule has 18 heteroatoms. The van der Waals surface area contributed by atoms with Crippen LogP contribution >= 0.6 is 0 Å². The molecule has 13 nitrogen and oxygen atoms in total. The Morgan fingerprint density at radius 3 is 1.19 bits per heavy atom. The molecule has 0 aliphatic heterocycles. The van der Waals surface area contributed by atoms with E-state index in [0.29, 0.717) is 79.2 Å². The van der Waals surface area contributed by atoms with E-state index >= 15 is 0 Å². The van der Waals surface area contributed by atoms with E-state index in [-0.39, 0.29) is 26.4 Å². The van der Waals surface area contributed by atoms with Crippen LogP contribution in [0.15, 0.2) is 5.11 Å². The highest BCUT2D eigenvalue weighted by molar-refractivity contribution is 5.73. The molecule has 0 saturated heterocycles. The molecule has 0 atom stereocenters. The van der Waals surface area contributed by atoms with Crippen molar-refractivity contribution in [1.29, 1.82) is 0 Å². The lowest BCUT2D eigenvalue weighted by atomic mass is 10.2. The fourth-order valence-electron chi connectivity index (χ4n) is 2.66. The summed E-state index contributed by atoms with van der Waals surface area (Å²) in [5, 5.41) is 3.34. The minimum absolute atomic E-state index is 0.0416. The predicted octanol–water partition coefficient (Wildman–Crippen LogP) is 2.73. The van der Waals surface area contributed by atoms with Gasteiger partial charge in [-0.3, -0.25) is 0 Å². The Balaban J connectivity index is 1.82. The number of nitrogens with zero attached hydrogens (tertiary/aromatic N) is 3. The number of esters is 1. The molecule has 0 amide bonds. The van der Waals surface area contributed by atoms with Gasteiger partial charge in [-0.25, -0.2) is 18.0 Å². The van der Waals surface area contributed by atoms with E-state index < -0.39 is 47.4 Å². The summed E-state index contributed by atoms with van der Waals surface area (Å²) < 4.78 is 112. The van der Waals surface area contributed by atoms with Gasteiger partial charge in [0.15, 0.2) is 0 Å². The summed E-state index contributed by atoms with van der Waals surface area (Å²) in [6.45, 7) is 4.22. The molecule has 240 valence electrons. The smallest absolute Gasteiger partial charge is 0.337 e. The summed E-state index contributed by atoms with van der Waals surface area (Å²) in [5.74, 6) is -14.4. The molecule has 0 aromatic heterocycles. The lowest BCUT2D eigenvalue weighted by Crippen LogP contribution is -2.20. The number of carbonyl (C=O) groups excluding carboxylic acids is 1. The SMILES string of the molecule is [N-]=[N+]=NCCOCCOCCOCCOCCOCCOCCOCCOCC(=O)Oc1c(F)c(F)c(F)c(F)c1F. The summed E-state index contributed by atoms with van der Waals surface area (Å²) in [7, 11) is 0. The molecule has 0 aliphatic carbocycles. The van der Waals surface area contributed by atoms with Crippen LogP contribution in [0.4, 0.5) is 22.0 Å². The van der Waals surface area contributed by atoms with E-state index in [1.165, 1.54) is 0 Å². The van der Waals surface area contributed by atoms with E-state index in [1.807, 2.05) is 0 Å². The van der Waals surface area contributed by atoms with Crippen molar-refractivity contribution >= 4 is 5.97 Å². The predicted molar refractivity (Wildman–Crippen MR) is 132 cm³/mol. The third-order valence-electron chi connectivity index (χ3n) is 4.61. The van der Waals surface area contributed by atoms with Crippen LogP contribution in [0.25, 0.3) is 10.4 Å². The first-order chi connectivity index (χ1) is 20.4. The third-order valence-corrected chi connectivity index (χ3v) is 4.61. The van der Waals surface area contributed by atoms with Gasteiger partial charge in [-0.15, -0.1) is 0 Å². The van der Waals surface area contributed by atoms with Crippen LogP contribution in [-0.4, -0.2) is 118 Å². The van der Waals surface area contributed by atoms with E-state index in [9.17, 15) is 26.7 Å². The molecular formula is C24H34F5N3O10. The molecule has 1 aromatic carbocycles. The standard InChI is InChI=1S/C24H34F5N3O10/c25-19-20(26)22(28)24(23(29)21(19)27)42-18(33)17-41-16-15-40-14-13-39-12-11-38-10-9-37-8-7-36-6-5-35-4-3-34-2-1-31-32-30/h1-17H2. The van der Waals surface area contributed by atoms with Crippen molar-refractivity contribution in [3.05, 3.63) is 39.5 Å². The Morgan fingerprint density at radius 1 is 0.524 bits per heavy atom. The van der Waals surface area contributed by atoms with Gasteiger partial charge < -0.3 is 42.6 Å². The Labute approximate surface area is 238 Å². The second-order valence-corrected chi connectivity index (χ2v) is 7.67. The quantitative estimate of drug-likeness (QED) is 0.0166. The van der Waals surface area contributed by atoms with Gasteiger partial charge in [0.2, 0.25) is 34.8 Å². The summed E-state index contributed by atoms with van der Waals surface area (Å²) in [5.41, 5.74) is 8.11. The number of ether oxygens (including phenoxy) is 9. The van der Waals surface area contributed by atoms with Crippen molar-refractivity contribution < 1.29 is 69.4 Å². The Morgan fingerprint density at radius 2 is 0.833 bits per heavy atom. The highest BCUT2D eigenvalue weighted by Gasteiger charge is 2.28. The van der Waals surface area contributed by atoms with Crippen molar-refractivity contribution in [2.75, 3.05) is 112 Å². The molecule has 0 unspecified atom stereocenters. The molecule has 0 heterocycles. The van der Waals surface area contributed by atoms with Crippen LogP contribution in [-0.2, 0) is 42.7 Å². The summed E-state index contributed by atoms with van der Waals surface area (Å²) in [6, 6.07) is 0. The average molecular weight is 620 g/mol. The van der Waals surface area contributed by atoms with Crippen LogP contribution < -0.4 is 4.74 Å². The molecule has 0 radical (unpaired) electrons. The molecule has 0 saturated carbocycles. The number of azide groups is 1. The first kappa shape index (κ1) is 37.4. The number of rotatable bonds is 27. The minimum atomic E-state index is -2.36. The zero-order valence-corrected chi connectivity index (χ0v) is 22.8. The summed E-state index contributed by atoms with van der Waals surface area (Å²) >= 11 is 0. The lowest BCUT2D eigenvalue weighted by molar-refractivity contribution is -0.140. The third kappa shape index (κ3) is 17.3. The van der Waals surface area contributed by atoms with Crippen molar-refractivity contribution in [3.8, 4) is 5.75 Å². The van der Waals surface area contributed by atoms with E-state index in [0.717, 1.165) is 0 Å². The van der Waals surface area contributed by atoms with Crippen LogP contribution in [0.5, 0.6) is 5.75 Å². The van der Waals surface area contributed by atoms with E-state index in [2.05, 4.69) is 14.8 Å². The summed E-state index contributed by atoms with van der Waals surface area (Å²) in [6.07, 6.45) is 0. The zero-order valence-electron chi connectivity index (χ0n) is 22.8. The average Bonchev–Trinajstić information content (AvgIpc) is 2.99. The first-order valence-electron chi connectivity index (χ1n) is 12.7. The monoisotopic (exact) mass is 619 g/mol. The maximum atomic E-state index is 13.5. The van der Waals surface area contributed by atoms with Gasteiger partial charge in [-0.2, -0.15) is 8.78 Å². The molecular weight excluding hydrogens is 585 g/mol. The number of hydrogen-bond donors (Lipinski definition) is 0. The molecule has 0 N–H and O–H groups in total. The van der Waals surface area contributed by atoms with Crippen LogP contribution in [0.3, 0.4) is 0 Å². The second-order valence-electron chi connectivity index (χ2n) is 7.67. The number of carbonyl (C=O) groups is 1. The molecule has 0 spiro atoms. The highest BCUT2D eigenvalue weighted by atomic mass is 19.2. The number of hydrogen-bond acceptors (Lipinski definition) is 11. The van der Waals surface area contributed by atoms with Crippen molar-refractivity contribution in [1.82, 2.24) is 0 Å². The Kier molecular flexibility index (Phi) is 22.1. The maximum absolute atomic E-state index is 13.5. The molecule has 42 heavy (non-hydrogen) atoms. The van der Waals surface area contributed by atoms with Gasteiger partial charge in [-0.1, -0.05) is 5.11 Å². The second kappa shape index (κ2) is 24.9. The highest BCUT2D eigenvalue weighted by Crippen LogP contribution is 2.29. The van der Waals surface area contributed by atoms with Gasteiger partial charge in [0.25, 0.3) is 0 Å². The Hall–Kier alpha value is -2.67. The molecule has 0 fully saturated rings. The van der Waals surface area contributed by atoms with Gasteiger partial charge in [0.1, 0.15) is 6.61 Å². The van der Waals surface area contributed by atoms with Gasteiger partial charge in [0.05, 0.1) is 99.1 Å². The van der Waals surface area contributed by atoms with Crippen LogP contribution in [0, 0.1) is 29.1 Å². The molecule has 0 bridgehead atoms. The lowest BCUT2D eigenvalue weighted by Gasteiger charge is -2.09. The molecule has 1 rings (SSSR count). The van der Waals surface area contributed by atoms with Gasteiger partial charge in [-0.05, 0) is 5.53 Å². The minimum Gasteiger partial charge on any atom is -0.418 e. The van der Waals surface area contributed by atoms with Crippen LogP contribution in [0.1, 0.15) is 0 Å². The maximum Gasteiger partial charge on any atom is 0.337 e. The van der Waals surface area contributed by atoms with E-state index in [1.54, 1.807) is 0 Å². The zero-order chi connectivity index (χ0) is 30.8. The largest absolute Gasteiger partial charge is 0.418 e. The summed E-state index contributed by atoms with van der Waals surface area (Å²) in [4.78, 5) is 14.2. The first-order valence-corrected chi connectivity index (χ1v) is 12.7. The van der Waals surface area contributed by atoms with Crippen molar-refractivity contribution in [2.24, 2.45) is 5.11 Å². The van der Waals surface area contributed by atoms with Crippen molar-refractivity contribution in [2.45, 2.75) is 0 Å². The van der Waals surface area contributed by atoms with E-state index in [4.69, 9.17) is 43.4 Å². The van der Waals surface area contributed by atoms with Crippen molar-refractivity contribution in [3.63, 3.8) is 0 Å². The molecule has 0 aliphatic rings.